The second-order valence-corrected chi connectivity index (χ2v) is 6.63. The van der Waals surface area contributed by atoms with E-state index in [-0.39, 0.29) is 6.10 Å². The largest absolute Gasteiger partial charge is 0.466 e. The molecule has 24 heavy (non-hydrogen) atoms. The summed E-state index contributed by atoms with van der Waals surface area (Å²) in [4.78, 5) is 12.6. The Hall–Kier alpha value is -1.85. The van der Waals surface area contributed by atoms with Gasteiger partial charge in [0, 0.05) is 11.3 Å². The third-order valence-corrected chi connectivity index (χ3v) is 4.21. The van der Waals surface area contributed by atoms with Gasteiger partial charge in [-0.3, -0.25) is 0 Å². The van der Waals surface area contributed by atoms with Crippen molar-refractivity contribution in [1.82, 2.24) is 0 Å². The molecule has 128 valence electrons. The van der Waals surface area contributed by atoms with Crippen LogP contribution in [0.2, 0.25) is 5.02 Å². The number of carbonyl (C=O) groups is 1. The number of carbonyl (C=O) groups excluding carboxylic acids is 1. The fraction of sp³-hybridized carbons (Fsp3) is 0.333. The summed E-state index contributed by atoms with van der Waals surface area (Å²) in [5.41, 5.74) is 2.83. The maximum absolute atomic E-state index is 12.1. The minimum absolute atomic E-state index is 0.217. The molecule has 0 unspecified atom stereocenters. The molecule has 0 atom stereocenters. The highest BCUT2D eigenvalue weighted by Gasteiger charge is 2.18. The van der Waals surface area contributed by atoms with Crippen molar-refractivity contribution in [2.45, 2.75) is 40.7 Å². The monoisotopic (exact) mass is 365 g/mol. The summed E-state index contributed by atoms with van der Waals surface area (Å²) < 4.78 is 10.8. The Morgan fingerprint density at radius 2 is 1.92 bits per heavy atom. The molecule has 1 N–H and O–H groups in total. The van der Waals surface area contributed by atoms with Crippen molar-refractivity contribution in [3.8, 4) is 0 Å². The Kier molecular flexibility index (Phi) is 5.67. The predicted octanol–water partition coefficient (Wildman–Crippen LogP) is 5.21. The predicted molar refractivity (Wildman–Crippen MR) is 100 cm³/mol. The molecule has 0 saturated carbocycles. The zero-order valence-electron chi connectivity index (χ0n) is 14.3. The van der Waals surface area contributed by atoms with Crippen LogP contribution in [-0.2, 0) is 4.74 Å². The highest BCUT2D eigenvalue weighted by atomic mass is 35.5. The number of rotatable bonds is 4. The average Bonchev–Trinajstić information content (AvgIpc) is 2.73. The lowest BCUT2D eigenvalue weighted by atomic mass is 10.1. The lowest BCUT2D eigenvalue weighted by Gasteiger charge is -2.12. The Morgan fingerprint density at radius 1 is 1.25 bits per heavy atom. The Labute approximate surface area is 152 Å². The van der Waals surface area contributed by atoms with E-state index in [2.05, 4.69) is 5.32 Å². The maximum atomic E-state index is 12.1. The molecule has 0 bridgehead atoms. The Bertz CT molecular complexity index is 796. The number of ether oxygens (including phenoxy) is 1. The molecule has 6 heteroatoms. The summed E-state index contributed by atoms with van der Waals surface area (Å²) in [5.74, 6) is 1.14. The van der Waals surface area contributed by atoms with Gasteiger partial charge < -0.3 is 14.5 Å². The summed E-state index contributed by atoms with van der Waals surface area (Å²) in [6.07, 6.45) is -0.217. The molecule has 0 saturated heterocycles. The van der Waals surface area contributed by atoms with Crippen molar-refractivity contribution in [3.63, 3.8) is 0 Å². The van der Waals surface area contributed by atoms with E-state index in [1.165, 1.54) is 0 Å². The highest BCUT2D eigenvalue weighted by molar-refractivity contribution is 7.81. The van der Waals surface area contributed by atoms with Crippen molar-refractivity contribution in [3.05, 3.63) is 51.4 Å². The lowest BCUT2D eigenvalue weighted by molar-refractivity contribution is 0.0378. The van der Waals surface area contributed by atoms with E-state index in [4.69, 9.17) is 33.0 Å². The molecular formula is C18H20ClNO3S. The third kappa shape index (κ3) is 3.97. The highest BCUT2D eigenvalue weighted by Crippen LogP contribution is 2.25. The van der Waals surface area contributed by atoms with Gasteiger partial charge in [0.15, 0.2) is 0 Å². The van der Waals surface area contributed by atoms with Gasteiger partial charge in [-0.05, 0) is 52.8 Å². The fourth-order valence-corrected chi connectivity index (χ4v) is 2.97. The third-order valence-electron chi connectivity index (χ3n) is 3.58. The van der Waals surface area contributed by atoms with E-state index in [1.807, 2.05) is 20.8 Å². The molecule has 1 heterocycles. The number of hydrogen-bond donors (Lipinski definition) is 1. The molecule has 0 aliphatic carbocycles. The van der Waals surface area contributed by atoms with Crippen LogP contribution in [0, 0.1) is 20.8 Å². The van der Waals surface area contributed by atoms with Crippen LogP contribution in [0.1, 0.15) is 46.9 Å². The first-order valence-corrected chi connectivity index (χ1v) is 8.37. The van der Waals surface area contributed by atoms with Gasteiger partial charge in [0.25, 0.3) is 0 Å². The summed E-state index contributed by atoms with van der Waals surface area (Å²) >= 11 is 11.6. The van der Waals surface area contributed by atoms with Gasteiger partial charge in [-0.25, -0.2) is 4.79 Å². The van der Waals surface area contributed by atoms with Crippen LogP contribution in [0.4, 0.5) is 5.69 Å². The molecule has 0 spiro atoms. The van der Waals surface area contributed by atoms with Crippen molar-refractivity contribution >= 4 is 40.5 Å². The van der Waals surface area contributed by atoms with Gasteiger partial charge in [-0.2, -0.15) is 0 Å². The van der Waals surface area contributed by atoms with Crippen molar-refractivity contribution in [1.29, 1.82) is 0 Å². The van der Waals surface area contributed by atoms with Gasteiger partial charge in [0.05, 0.1) is 22.3 Å². The minimum atomic E-state index is -0.462. The molecule has 0 aliphatic rings. The number of nitrogens with one attached hydrogen (secondary N) is 1. The van der Waals surface area contributed by atoms with Crippen LogP contribution >= 0.6 is 23.8 Å². The molecule has 0 amide bonds. The van der Waals surface area contributed by atoms with Gasteiger partial charge in [-0.15, -0.1) is 0 Å². The van der Waals surface area contributed by atoms with Crippen LogP contribution in [-0.4, -0.2) is 17.1 Å². The van der Waals surface area contributed by atoms with Crippen molar-refractivity contribution < 1.29 is 13.9 Å². The van der Waals surface area contributed by atoms with Gasteiger partial charge in [0.1, 0.15) is 16.5 Å². The lowest BCUT2D eigenvalue weighted by Crippen LogP contribution is -2.15. The van der Waals surface area contributed by atoms with Gasteiger partial charge in [-0.1, -0.05) is 23.8 Å². The van der Waals surface area contributed by atoms with E-state index >= 15 is 0 Å². The summed E-state index contributed by atoms with van der Waals surface area (Å²) in [5, 5.41) is 3.47. The van der Waals surface area contributed by atoms with E-state index in [9.17, 15) is 4.79 Å². The first-order chi connectivity index (χ1) is 11.2. The molecule has 1 aromatic carbocycles. The summed E-state index contributed by atoms with van der Waals surface area (Å²) in [6.45, 7) is 9.31. The van der Waals surface area contributed by atoms with Crippen LogP contribution in [0.3, 0.4) is 0 Å². The van der Waals surface area contributed by atoms with E-state index < -0.39 is 5.97 Å². The fourth-order valence-electron chi connectivity index (χ4n) is 2.36. The van der Waals surface area contributed by atoms with Crippen LogP contribution in [0.15, 0.2) is 22.6 Å². The molecule has 1 aromatic heterocycles. The van der Waals surface area contributed by atoms with Gasteiger partial charge in [0.2, 0.25) is 0 Å². The normalized spacial score (nSPS) is 10.8. The van der Waals surface area contributed by atoms with E-state index in [1.54, 1.807) is 32.0 Å². The van der Waals surface area contributed by atoms with Crippen LogP contribution in [0.25, 0.3) is 0 Å². The molecule has 4 nitrogen and oxygen atoms in total. The van der Waals surface area contributed by atoms with E-state index in [0.717, 1.165) is 22.6 Å². The average molecular weight is 366 g/mol. The first kappa shape index (κ1) is 18.5. The first-order valence-electron chi connectivity index (χ1n) is 7.59. The standard InChI is InChI=1S/C18H20ClNO3S/c1-9(2)22-18(21)14-8-13(6-7-15(14)19)20-17(24)16-10(3)11(4)23-12(16)5/h6-9H,1-5H3,(H,20,24). The summed E-state index contributed by atoms with van der Waals surface area (Å²) in [7, 11) is 0. The zero-order valence-corrected chi connectivity index (χ0v) is 15.9. The second kappa shape index (κ2) is 7.36. The number of halogens is 1. The molecule has 2 rings (SSSR count). The quantitative estimate of drug-likeness (QED) is 0.595. The molecule has 2 aromatic rings. The molecule has 0 radical (unpaired) electrons. The van der Waals surface area contributed by atoms with Crippen molar-refractivity contribution in [2.24, 2.45) is 0 Å². The SMILES string of the molecule is Cc1oc(C)c(C(=S)Nc2ccc(Cl)c(C(=O)OC(C)C)c2)c1C. The summed E-state index contributed by atoms with van der Waals surface area (Å²) in [6, 6.07) is 5.04. The topological polar surface area (TPSA) is 51.5 Å². The second-order valence-electron chi connectivity index (χ2n) is 5.82. The number of esters is 1. The zero-order chi connectivity index (χ0) is 18.0. The molecule has 0 aliphatic heterocycles. The Morgan fingerprint density at radius 3 is 2.46 bits per heavy atom. The number of thiocarbonyl (C=S) groups is 1. The van der Waals surface area contributed by atoms with Crippen molar-refractivity contribution in [2.75, 3.05) is 5.32 Å². The number of aryl methyl sites for hydroxylation is 2. The molecule has 0 fully saturated rings. The Balaban J connectivity index is 2.27. The number of benzene rings is 1. The van der Waals surface area contributed by atoms with E-state index in [0.29, 0.717) is 21.3 Å². The smallest absolute Gasteiger partial charge is 0.339 e. The van der Waals surface area contributed by atoms with Crippen LogP contribution < -0.4 is 5.32 Å². The van der Waals surface area contributed by atoms with Crippen LogP contribution in [0.5, 0.6) is 0 Å². The minimum Gasteiger partial charge on any atom is -0.466 e. The molecular weight excluding hydrogens is 346 g/mol. The number of furan rings is 1. The number of hydrogen-bond acceptors (Lipinski definition) is 4. The van der Waals surface area contributed by atoms with Gasteiger partial charge >= 0.3 is 5.97 Å². The number of anilines is 1. The maximum Gasteiger partial charge on any atom is 0.339 e.